The molecule has 0 radical (unpaired) electrons. The standard InChI is InChI=1S/C12H23BrO2/c1-10(2)3-6-14-7-4-11-9-15-8-5-12(11)13/h10-12H,3-9H2,1-2H3. The number of rotatable bonds is 6. The highest BCUT2D eigenvalue weighted by molar-refractivity contribution is 9.09. The van der Waals surface area contributed by atoms with E-state index in [1.54, 1.807) is 0 Å². The first-order valence-corrected chi connectivity index (χ1v) is 6.91. The molecule has 90 valence electrons. The molecule has 0 aromatic carbocycles. The third-order valence-electron chi connectivity index (χ3n) is 2.85. The van der Waals surface area contributed by atoms with Crippen molar-refractivity contribution in [2.75, 3.05) is 26.4 Å². The Morgan fingerprint density at radius 2 is 2.20 bits per heavy atom. The molecule has 0 saturated carbocycles. The predicted molar refractivity (Wildman–Crippen MR) is 66.5 cm³/mol. The predicted octanol–water partition coefficient (Wildman–Crippen LogP) is 3.24. The van der Waals surface area contributed by atoms with Crippen LogP contribution in [0.4, 0.5) is 0 Å². The maximum absolute atomic E-state index is 5.62. The fourth-order valence-corrected chi connectivity index (χ4v) is 2.29. The zero-order valence-corrected chi connectivity index (χ0v) is 11.5. The zero-order valence-electron chi connectivity index (χ0n) is 9.88. The van der Waals surface area contributed by atoms with Crippen molar-refractivity contribution in [3.63, 3.8) is 0 Å². The highest BCUT2D eigenvalue weighted by Crippen LogP contribution is 2.24. The minimum absolute atomic E-state index is 0.625. The van der Waals surface area contributed by atoms with E-state index in [4.69, 9.17) is 9.47 Å². The first kappa shape index (κ1) is 13.5. The summed E-state index contributed by atoms with van der Waals surface area (Å²) < 4.78 is 11.1. The molecule has 1 fully saturated rings. The van der Waals surface area contributed by atoms with E-state index in [1.165, 1.54) is 6.42 Å². The van der Waals surface area contributed by atoms with Crippen molar-refractivity contribution in [2.45, 2.75) is 37.9 Å². The van der Waals surface area contributed by atoms with Gasteiger partial charge in [-0.25, -0.2) is 0 Å². The Morgan fingerprint density at radius 3 is 2.87 bits per heavy atom. The summed E-state index contributed by atoms with van der Waals surface area (Å²) in [6.07, 6.45) is 3.42. The van der Waals surface area contributed by atoms with Crippen LogP contribution in [0, 0.1) is 11.8 Å². The Kier molecular flexibility index (Phi) is 6.86. The van der Waals surface area contributed by atoms with Gasteiger partial charge in [0.05, 0.1) is 6.61 Å². The Hall–Kier alpha value is 0.400. The van der Waals surface area contributed by atoms with Crippen LogP contribution < -0.4 is 0 Å². The zero-order chi connectivity index (χ0) is 11.1. The molecular weight excluding hydrogens is 256 g/mol. The van der Waals surface area contributed by atoms with E-state index in [0.717, 1.165) is 45.2 Å². The maximum atomic E-state index is 5.62. The molecule has 0 aliphatic carbocycles. The van der Waals surface area contributed by atoms with E-state index >= 15 is 0 Å². The molecule has 0 N–H and O–H groups in total. The quantitative estimate of drug-likeness (QED) is 0.549. The molecule has 0 amide bonds. The fraction of sp³-hybridized carbons (Fsp3) is 1.00. The van der Waals surface area contributed by atoms with Gasteiger partial charge in [0.25, 0.3) is 0 Å². The van der Waals surface area contributed by atoms with Crippen molar-refractivity contribution in [3.05, 3.63) is 0 Å². The molecule has 0 spiro atoms. The summed E-state index contributed by atoms with van der Waals surface area (Å²) in [4.78, 5) is 0.625. The number of halogens is 1. The van der Waals surface area contributed by atoms with Crippen molar-refractivity contribution >= 4 is 15.9 Å². The SMILES string of the molecule is CC(C)CCOCCC1COCCC1Br. The summed E-state index contributed by atoms with van der Waals surface area (Å²) in [5, 5.41) is 0. The normalized spacial score (nSPS) is 27.2. The molecule has 15 heavy (non-hydrogen) atoms. The van der Waals surface area contributed by atoms with Crippen LogP contribution in [0.1, 0.15) is 33.1 Å². The lowest BCUT2D eigenvalue weighted by molar-refractivity contribution is 0.0378. The molecule has 0 aromatic rings. The van der Waals surface area contributed by atoms with Gasteiger partial charge in [0.1, 0.15) is 0 Å². The molecule has 0 aromatic heterocycles. The smallest absolute Gasteiger partial charge is 0.0505 e. The molecule has 1 aliphatic heterocycles. The van der Waals surface area contributed by atoms with Gasteiger partial charge >= 0.3 is 0 Å². The van der Waals surface area contributed by atoms with Gasteiger partial charge in [-0.1, -0.05) is 29.8 Å². The maximum Gasteiger partial charge on any atom is 0.0505 e. The Balaban J connectivity index is 1.99. The van der Waals surface area contributed by atoms with E-state index in [2.05, 4.69) is 29.8 Å². The molecule has 0 bridgehead atoms. The number of ether oxygens (including phenoxy) is 2. The summed E-state index contributed by atoms with van der Waals surface area (Å²) in [7, 11) is 0. The molecule has 2 atom stereocenters. The van der Waals surface area contributed by atoms with Gasteiger partial charge in [-0.15, -0.1) is 0 Å². The molecule has 3 heteroatoms. The second-order valence-corrected chi connectivity index (χ2v) is 5.90. The molecule has 2 unspecified atom stereocenters. The van der Waals surface area contributed by atoms with Crippen LogP contribution in [0.15, 0.2) is 0 Å². The topological polar surface area (TPSA) is 18.5 Å². The van der Waals surface area contributed by atoms with Gasteiger partial charge < -0.3 is 9.47 Å². The van der Waals surface area contributed by atoms with Crippen molar-refractivity contribution < 1.29 is 9.47 Å². The van der Waals surface area contributed by atoms with E-state index in [-0.39, 0.29) is 0 Å². The minimum Gasteiger partial charge on any atom is -0.381 e. The van der Waals surface area contributed by atoms with E-state index in [1.807, 2.05) is 0 Å². The molecule has 2 nitrogen and oxygen atoms in total. The number of hydrogen-bond acceptors (Lipinski definition) is 2. The van der Waals surface area contributed by atoms with Crippen LogP contribution in [0.25, 0.3) is 0 Å². The largest absolute Gasteiger partial charge is 0.381 e. The molecule has 1 rings (SSSR count). The Morgan fingerprint density at radius 1 is 1.40 bits per heavy atom. The van der Waals surface area contributed by atoms with Crippen LogP contribution in [0.3, 0.4) is 0 Å². The Labute approximate surface area is 102 Å². The average Bonchev–Trinajstić information content (AvgIpc) is 2.20. The molecule has 1 saturated heterocycles. The number of alkyl halides is 1. The lowest BCUT2D eigenvalue weighted by Gasteiger charge is -2.27. The van der Waals surface area contributed by atoms with Crippen LogP contribution in [-0.4, -0.2) is 31.3 Å². The van der Waals surface area contributed by atoms with Crippen molar-refractivity contribution in [1.82, 2.24) is 0 Å². The lowest BCUT2D eigenvalue weighted by Crippen LogP contribution is -2.28. The molecule has 1 aliphatic rings. The summed E-state index contributed by atoms with van der Waals surface area (Å²) in [5.41, 5.74) is 0. The first-order chi connectivity index (χ1) is 7.20. The summed E-state index contributed by atoms with van der Waals surface area (Å²) in [6, 6.07) is 0. The van der Waals surface area contributed by atoms with E-state index in [9.17, 15) is 0 Å². The van der Waals surface area contributed by atoms with E-state index in [0.29, 0.717) is 10.7 Å². The van der Waals surface area contributed by atoms with Gasteiger partial charge in [-0.05, 0) is 31.1 Å². The van der Waals surface area contributed by atoms with Crippen LogP contribution in [0.5, 0.6) is 0 Å². The van der Waals surface area contributed by atoms with Crippen molar-refractivity contribution in [1.29, 1.82) is 0 Å². The van der Waals surface area contributed by atoms with Crippen molar-refractivity contribution in [2.24, 2.45) is 11.8 Å². The van der Waals surface area contributed by atoms with Gasteiger partial charge in [0.15, 0.2) is 0 Å². The fourth-order valence-electron chi connectivity index (χ4n) is 1.69. The number of hydrogen-bond donors (Lipinski definition) is 0. The highest BCUT2D eigenvalue weighted by Gasteiger charge is 2.22. The summed E-state index contributed by atoms with van der Waals surface area (Å²) in [6.45, 7) is 8.03. The third-order valence-corrected chi connectivity index (χ3v) is 4.06. The second kappa shape index (κ2) is 7.64. The highest BCUT2D eigenvalue weighted by atomic mass is 79.9. The first-order valence-electron chi connectivity index (χ1n) is 5.99. The lowest BCUT2D eigenvalue weighted by atomic mass is 9.99. The van der Waals surface area contributed by atoms with Gasteiger partial charge in [-0.2, -0.15) is 0 Å². The summed E-state index contributed by atoms with van der Waals surface area (Å²) in [5.74, 6) is 1.38. The molecule has 1 heterocycles. The van der Waals surface area contributed by atoms with Gasteiger partial charge in [-0.3, -0.25) is 0 Å². The van der Waals surface area contributed by atoms with Gasteiger partial charge in [0, 0.05) is 24.6 Å². The van der Waals surface area contributed by atoms with Crippen LogP contribution >= 0.6 is 15.9 Å². The summed E-state index contributed by atoms with van der Waals surface area (Å²) >= 11 is 3.71. The van der Waals surface area contributed by atoms with Crippen LogP contribution in [-0.2, 0) is 9.47 Å². The monoisotopic (exact) mass is 278 g/mol. The van der Waals surface area contributed by atoms with E-state index < -0.39 is 0 Å². The third kappa shape index (κ3) is 5.88. The molecular formula is C12H23BrO2. The average molecular weight is 279 g/mol. The Bertz CT molecular complexity index is 162. The second-order valence-electron chi connectivity index (χ2n) is 4.72. The van der Waals surface area contributed by atoms with Crippen LogP contribution in [0.2, 0.25) is 0 Å². The minimum atomic E-state index is 0.625. The van der Waals surface area contributed by atoms with Gasteiger partial charge in [0.2, 0.25) is 0 Å². The van der Waals surface area contributed by atoms with Crippen molar-refractivity contribution in [3.8, 4) is 0 Å².